The minimum atomic E-state index is -0.722. The highest BCUT2D eigenvalue weighted by Gasteiger charge is 2.30. The number of aryl methyl sites for hydroxylation is 1. The quantitative estimate of drug-likeness (QED) is 0.831. The lowest BCUT2D eigenvalue weighted by molar-refractivity contribution is -0.141. The first-order valence-corrected chi connectivity index (χ1v) is 6.39. The summed E-state index contributed by atoms with van der Waals surface area (Å²) >= 11 is 0. The lowest BCUT2D eigenvalue weighted by Crippen LogP contribution is -2.11. The average molecular weight is 246 g/mol. The Morgan fingerprint density at radius 3 is 2.44 bits per heavy atom. The van der Waals surface area contributed by atoms with Gasteiger partial charge in [0.2, 0.25) is 0 Å². The molecule has 0 aliphatic heterocycles. The van der Waals surface area contributed by atoms with Crippen molar-refractivity contribution < 1.29 is 14.7 Å². The maximum atomic E-state index is 12.0. The molecule has 0 spiro atoms. The number of hydrogen-bond acceptors (Lipinski definition) is 2. The van der Waals surface area contributed by atoms with Crippen LogP contribution in [0.5, 0.6) is 0 Å². The summed E-state index contributed by atoms with van der Waals surface area (Å²) in [5.74, 6) is -0.605. The molecule has 0 aromatic heterocycles. The summed E-state index contributed by atoms with van der Waals surface area (Å²) in [7, 11) is 0. The third-order valence-corrected chi connectivity index (χ3v) is 3.74. The molecule has 1 N–H and O–H groups in total. The summed E-state index contributed by atoms with van der Waals surface area (Å²) in [6, 6.07) is 7.56. The highest BCUT2D eigenvalue weighted by atomic mass is 16.4. The molecule has 96 valence electrons. The normalized spacial score (nSPS) is 22.9. The van der Waals surface area contributed by atoms with Crippen LogP contribution < -0.4 is 0 Å². The lowest BCUT2D eigenvalue weighted by Gasteiger charge is -2.08. The monoisotopic (exact) mass is 246 g/mol. The first kappa shape index (κ1) is 12.8. The van der Waals surface area contributed by atoms with Crippen LogP contribution in [0.3, 0.4) is 0 Å². The third kappa shape index (κ3) is 2.97. The summed E-state index contributed by atoms with van der Waals surface area (Å²) in [6.45, 7) is 1.99. The van der Waals surface area contributed by atoms with Crippen LogP contribution in [0.15, 0.2) is 24.3 Å². The number of ketones is 1. The molecule has 3 nitrogen and oxygen atoms in total. The molecule has 3 heteroatoms. The molecule has 1 saturated carbocycles. The molecule has 0 bridgehead atoms. The summed E-state index contributed by atoms with van der Waals surface area (Å²) in [5.41, 5.74) is 1.87. The number of hydrogen-bond donors (Lipinski definition) is 1. The topological polar surface area (TPSA) is 54.4 Å². The van der Waals surface area contributed by atoms with Crippen molar-refractivity contribution in [3.63, 3.8) is 0 Å². The van der Waals surface area contributed by atoms with E-state index in [9.17, 15) is 9.59 Å². The molecule has 1 aromatic carbocycles. The maximum absolute atomic E-state index is 12.0. The van der Waals surface area contributed by atoms with Gasteiger partial charge in [-0.15, -0.1) is 0 Å². The Bertz CT molecular complexity index is 447. The Morgan fingerprint density at radius 1 is 1.22 bits per heavy atom. The fourth-order valence-corrected chi connectivity index (χ4v) is 2.60. The van der Waals surface area contributed by atoms with E-state index >= 15 is 0 Å². The van der Waals surface area contributed by atoms with Crippen LogP contribution in [0.2, 0.25) is 0 Å². The molecule has 2 rings (SSSR count). The number of carboxylic acid groups (broad SMARTS) is 1. The van der Waals surface area contributed by atoms with Gasteiger partial charge in [0, 0.05) is 12.0 Å². The Kier molecular flexibility index (Phi) is 3.80. The zero-order valence-corrected chi connectivity index (χ0v) is 10.6. The Morgan fingerprint density at radius 2 is 1.89 bits per heavy atom. The van der Waals surface area contributed by atoms with Gasteiger partial charge in [-0.1, -0.05) is 29.8 Å². The van der Waals surface area contributed by atoms with Crippen LogP contribution >= 0.6 is 0 Å². The molecule has 0 heterocycles. The average Bonchev–Trinajstić information content (AvgIpc) is 2.78. The van der Waals surface area contributed by atoms with E-state index < -0.39 is 5.97 Å². The molecule has 1 aliphatic rings. The molecular formula is C15H18O3. The van der Waals surface area contributed by atoms with Crippen molar-refractivity contribution in [3.05, 3.63) is 35.4 Å². The van der Waals surface area contributed by atoms with Crippen LogP contribution in [-0.2, 0) is 4.79 Å². The van der Waals surface area contributed by atoms with E-state index in [0.29, 0.717) is 19.3 Å². The van der Waals surface area contributed by atoms with Crippen LogP contribution in [0, 0.1) is 18.8 Å². The molecule has 1 aromatic rings. The molecule has 0 amide bonds. The summed E-state index contributed by atoms with van der Waals surface area (Å²) in [6.07, 6.45) is 2.69. The zero-order chi connectivity index (χ0) is 13.1. The molecule has 1 aliphatic carbocycles. The second kappa shape index (κ2) is 5.34. The van der Waals surface area contributed by atoms with Crippen molar-refractivity contribution in [1.82, 2.24) is 0 Å². The third-order valence-electron chi connectivity index (χ3n) is 3.74. The maximum Gasteiger partial charge on any atom is 0.306 e. The van der Waals surface area contributed by atoms with Gasteiger partial charge < -0.3 is 5.11 Å². The zero-order valence-electron chi connectivity index (χ0n) is 10.6. The van der Waals surface area contributed by atoms with E-state index in [1.54, 1.807) is 0 Å². The van der Waals surface area contributed by atoms with E-state index in [2.05, 4.69) is 0 Å². The molecule has 1 fully saturated rings. The van der Waals surface area contributed by atoms with Gasteiger partial charge in [0.05, 0.1) is 5.92 Å². The van der Waals surface area contributed by atoms with E-state index in [0.717, 1.165) is 17.5 Å². The highest BCUT2D eigenvalue weighted by molar-refractivity contribution is 5.96. The van der Waals surface area contributed by atoms with Crippen LogP contribution in [0.4, 0.5) is 0 Å². The predicted octanol–water partition coefficient (Wildman–Crippen LogP) is 3.07. The van der Waals surface area contributed by atoms with Gasteiger partial charge in [-0.05, 0) is 32.1 Å². The van der Waals surface area contributed by atoms with Crippen molar-refractivity contribution in [2.75, 3.05) is 0 Å². The minimum absolute atomic E-state index is 0.131. The fraction of sp³-hybridized carbons (Fsp3) is 0.467. The first-order valence-electron chi connectivity index (χ1n) is 6.39. The molecule has 0 saturated heterocycles. The smallest absolute Gasteiger partial charge is 0.306 e. The van der Waals surface area contributed by atoms with E-state index in [1.165, 1.54) is 0 Å². The van der Waals surface area contributed by atoms with Crippen LogP contribution in [0.25, 0.3) is 0 Å². The van der Waals surface area contributed by atoms with Gasteiger partial charge in [0.15, 0.2) is 5.78 Å². The lowest BCUT2D eigenvalue weighted by atomic mass is 9.95. The number of carbonyl (C=O) groups excluding carboxylic acids is 1. The van der Waals surface area contributed by atoms with Gasteiger partial charge in [-0.3, -0.25) is 9.59 Å². The van der Waals surface area contributed by atoms with Crippen molar-refractivity contribution in [1.29, 1.82) is 0 Å². The highest BCUT2D eigenvalue weighted by Crippen LogP contribution is 2.33. The van der Waals surface area contributed by atoms with Gasteiger partial charge in [-0.25, -0.2) is 0 Å². The van der Waals surface area contributed by atoms with Gasteiger partial charge in [0.25, 0.3) is 0 Å². The Balaban J connectivity index is 1.92. The number of rotatable bonds is 4. The SMILES string of the molecule is Cc1ccc(C(=O)C[C@@H]2CC[C@H](C(=O)O)C2)cc1. The molecule has 18 heavy (non-hydrogen) atoms. The second-order valence-corrected chi connectivity index (χ2v) is 5.21. The van der Waals surface area contributed by atoms with Crippen molar-refractivity contribution >= 4 is 11.8 Å². The molecular weight excluding hydrogens is 228 g/mol. The minimum Gasteiger partial charge on any atom is -0.481 e. The second-order valence-electron chi connectivity index (χ2n) is 5.21. The summed E-state index contributed by atoms with van der Waals surface area (Å²) in [4.78, 5) is 22.9. The predicted molar refractivity (Wildman–Crippen MR) is 68.6 cm³/mol. The number of aliphatic carboxylic acids is 1. The molecule has 0 radical (unpaired) electrons. The first-order chi connectivity index (χ1) is 8.56. The fourth-order valence-electron chi connectivity index (χ4n) is 2.60. The van der Waals surface area contributed by atoms with Crippen molar-refractivity contribution in [3.8, 4) is 0 Å². The number of benzene rings is 1. The molecule has 2 atom stereocenters. The number of carbonyl (C=O) groups is 2. The van der Waals surface area contributed by atoms with E-state index in [1.807, 2.05) is 31.2 Å². The largest absolute Gasteiger partial charge is 0.481 e. The molecule has 0 unspecified atom stereocenters. The van der Waals surface area contributed by atoms with Gasteiger partial charge in [0.1, 0.15) is 0 Å². The Hall–Kier alpha value is -1.64. The van der Waals surface area contributed by atoms with Crippen molar-refractivity contribution in [2.45, 2.75) is 32.6 Å². The van der Waals surface area contributed by atoms with Crippen LogP contribution in [0.1, 0.15) is 41.6 Å². The van der Waals surface area contributed by atoms with Gasteiger partial charge >= 0.3 is 5.97 Å². The van der Waals surface area contributed by atoms with E-state index in [4.69, 9.17) is 5.11 Å². The summed E-state index contributed by atoms with van der Waals surface area (Å²) < 4.78 is 0. The van der Waals surface area contributed by atoms with Gasteiger partial charge in [-0.2, -0.15) is 0 Å². The summed E-state index contributed by atoms with van der Waals surface area (Å²) in [5, 5.41) is 8.93. The van der Waals surface area contributed by atoms with Crippen LogP contribution in [-0.4, -0.2) is 16.9 Å². The van der Waals surface area contributed by atoms with Crippen molar-refractivity contribution in [2.24, 2.45) is 11.8 Å². The van der Waals surface area contributed by atoms with E-state index in [-0.39, 0.29) is 17.6 Å². The number of carboxylic acids is 1. The number of Topliss-reactive ketones (excluding diaryl/α,β-unsaturated/α-hetero) is 1. The Labute approximate surface area is 107 Å². The standard InChI is InChI=1S/C15H18O3/c1-10-2-5-12(6-3-10)14(16)9-11-4-7-13(8-11)15(17)18/h2-3,5-6,11,13H,4,7-9H2,1H3,(H,17,18)/t11-,13+/m1/s1.